The van der Waals surface area contributed by atoms with Crippen LogP contribution in [0.15, 0.2) is 30.6 Å². The number of pyridine rings is 1. The van der Waals surface area contributed by atoms with Gasteiger partial charge >= 0.3 is 7.12 Å². The topological polar surface area (TPSA) is 71.2 Å². The van der Waals surface area contributed by atoms with Crippen molar-refractivity contribution in [1.29, 1.82) is 0 Å². The van der Waals surface area contributed by atoms with Gasteiger partial charge in [0.2, 0.25) is 0 Å². The van der Waals surface area contributed by atoms with Crippen molar-refractivity contribution in [1.82, 2.24) is 14.8 Å². The molecule has 0 amide bonds. The van der Waals surface area contributed by atoms with Crippen LogP contribution in [0.4, 0.5) is 0 Å². The molecule has 0 spiro atoms. The fourth-order valence-corrected chi connectivity index (χ4v) is 1.25. The van der Waals surface area contributed by atoms with Gasteiger partial charge in [0.1, 0.15) is 0 Å². The zero-order chi connectivity index (χ0) is 10.8. The van der Waals surface area contributed by atoms with E-state index in [0.29, 0.717) is 5.82 Å². The van der Waals surface area contributed by atoms with Crippen molar-refractivity contribution in [2.75, 3.05) is 0 Å². The van der Waals surface area contributed by atoms with Crippen LogP contribution >= 0.6 is 0 Å². The van der Waals surface area contributed by atoms with Crippen LogP contribution in [0.2, 0.25) is 0 Å². The van der Waals surface area contributed by atoms with Gasteiger partial charge in [0.25, 0.3) is 0 Å². The fraction of sp³-hybridized carbons (Fsp3) is 0.111. The quantitative estimate of drug-likeness (QED) is 0.630. The Morgan fingerprint density at radius 1 is 1.33 bits per heavy atom. The highest BCUT2D eigenvalue weighted by molar-refractivity contribution is 6.57. The average Bonchev–Trinajstić information content (AvgIpc) is 2.65. The molecule has 6 heteroatoms. The second kappa shape index (κ2) is 3.84. The van der Waals surface area contributed by atoms with Crippen molar-refractivity contribution in [3.8, 4) is 5.82 Å². The van der Waals surface area contributed by atoms with E-state index in [9.17, 15) is 0 Å². The smallest absolute Gasteiger partial charge is 0.422 e. The van der Waals surface area contributed by atoms with E-state index >= 15 is 0 Å². The summed E-state index contributed by atoms with van der Waals surface area (Å²) in [5.41, 5.74) is 1.23. The van der Waals surface area contributed by atoms with Gasteiger partial charge in [-0.25, -0.2) is 9.67 Å². The van der Waals surface area contributed by atoms with Crippen LogP contribution in [0.5, 0.6) is 0 Å². The molecular formula is C9H10BN3O2. The lowest BCUT2D eigenvalue weighted by molar-refractivity contribution is 0.424. The van der Waals surface area contributed by atoms with Gasteiger partial charge in [-0.3, -0.25) is 0 Å². The Labute approximate surface area is 87.2 Å². The molecule has 0 saturated heterocycles. The Morgan fingerprint density at radius 3 is 2.73 bits per heavy atom. The summed E-state index contributed by atoms with van der Waals surface area (Å²) in [7, 11) is -1.55. The molecule has 0 atom stereocenters. The third kappa shape index (κ3) is 2.06. The van der Waals surface area contributed by atoms with Gasteiger partial charge in [-0.05, 0) is 24.6 Å². The van der Waals surface area contributed by atoms with E-state index in [1.807, 2.05) is 13.1 Å². The monoisotopic (exact) mass is 203 g/mol. The van der Waals surface area contributed by atoms with Crippen LogP contribution in [-0.2, 0) is 0 Å². The molecule has 0 aliphatic rings. The van der Waals surface area contributed by atoms with E-state index < -0.39 is 7.12 Å². The van der Waals surface area contributed by atoms with Crippen molar-refractivity contribution in [3.05, 3.63) is 36.2 Å². The molecule has 2 N–H and O–H groups in total. The summed E-state index contributed by atoms with van der Waals surface area (Å²) in [6.45, 7) is 1.92. The molecule has 0 aromatic carbocycles. The van der Waals surface area contributed by atoms with Crippen LogP contribution in [0.25, 0.3) is 5.82 Å². The Morgan fingerprint density at radius 2 is 2.13 bits per heavy atom. The van der Waals surface area contributed by atoms with Crippen molar-refractivity contribution in [3.63, 3.8) is 0 Å². The van der Waals surface area contributed by atoms with Gasteiger partial charge in [0.05, 0.1) is 11.8 Å². The van der Waals surface area contributed by atoms with Crippen molar-refractivity contribution in [2.24, 2.45) is 0 Å². The molecule has 5 nitrogen and oxygen atoms in total. The van der Waals surface area contributed by atoms with E-state index in [1.54, 1.807) is 29.1 Å². The zero-order valence-corrected chi connectivity index (χ0v) is 8.20. The van der Waals surface area contributed by atoms with Crippen LogP contribution in [0.3, 0.4) is 0 Å². The second-order valence-corrected chi connectivity index (χ2v) is 3.26. The van der Waals surface area contributed by atoms with E-state index in [0.717, 1.165) is 5.56 Å². The molecule has 0 saturated carbocycles. The lowest BCUT2D eigenvalue weighted by Gasteiger charge is -2.02. The number of aromatic nitrogens is 3. The third-order valence-electron chi connectivity index (χ3n) is 1.97. The predicted octanol–water partition coefficient (Wildman–Crippen LogP) is -0.744. The van der Waals surface area contributed by atoms with Gasteiger partial charge in [0.15, 0.2) is 5.82 Å². The molecule has 0 aliphatic heterocycles. The molecule has 15 heavy (non-hydrogen) atoms. The predicted molar refractivity (Wildman–Crippen MR) is 55.9 cm³/mol. The number of rotatable bonds is 2. The van der Waals surface area contributed by atoms with E-state index in [2.05, 4.69) is 10.1 Å². The first-order chi connectivity index (χ1) is 7.16. The molecule has 76 valence electrons. The summed E-state index contributed by atoms with van der Waals surface area (Å²) in [5, 5.41) is 22.0. The van der Waals surface area contributed by atoms with Crippen molar-refractivity contribution >= 4 is 12.7 Å². The number of hydrogen-bond acceptors (Lipinski definition) is 4. The molecule has 2 rings (SSSR count). The van der Waals surface area contributed by atoms with Crippen LogP contribution < -0.4 is 5.59 Å². The number of nitrogens with zero attached hydrogens (tertiary/aromatic N) is 3. The Hall–Kier alpha value is -1.66. The molecule has 0 aliphatic carbocycles. The summed E-state index contributed by atoms with van der Waals surface area (Å²) in [4.78, 5) is 4.06. The minimum atomic E-state index is -1.55. The van der Waals surface area contributed by atoms with Crippen LogP contribution in [0.1, 0.15) is 5.56 Å². The Balaban J connectivity index is 2.41. The lowest BCUT2D eigenvalue weighted by atomic mass is 9.86. The highest BCUT2D eigenvalue weighted by Gasteiger charge is 2.13. The SMILES string of the molecule is Cc1cnn(-c2cccc(B(O)O)n2)c1. The number of aryl methyl sites for hydroxylation is 1. The van der Waals surface area contributed by atoms with Crippen LogP contribution in [-0.4, -0.2) is 31.9 Å². The lowest BCUT2D eigenvalue weighted by Crippen LogP contribution is -2.33. The molecule has 2 aromatic heterocycles. The van der Waals surface area contributed by atoms with Crippen molar-refractivity contribution < 1.29 is 10.0 Å². The second-order valence-electron chi connectivity index (χ2n) is 3.26. The fourth-order valence-electron chi connectivity index (χ4n) is 1.25. The summed E-state index contributed by atoms with van der Waals surface area (Å²) in [5.74, 6) is 0.564. The maximum absolute atomic E-state index is 8.96. The van der Waals surface area contributed by atoms with Gasteiger partial charge in [0, 0.05) is 6.20 Å². The minimum Gasteiger partial charge on any atom is -0.422 e. The van der Waals surface area contributed by atoms with Gasteiger partial charge in [-0.2, -0.15) is 5.10 Å². The molecule has 2 aromatic rings. The summed E-state index contributed by atoms with van der Waals surface area (Å²) in [6, 6.07) is 5.00. The molecule has 0 radical (unpaired) electrons. The van der Waals surface area contributed by atoms with E-state index in [1.165, 1.54) is 0 Å². The molecular weight excluding hydrogens is 193 g/mol. The van der Waals surface area contributed by atoms with Crippen LogP contribution in [0, 0.1) is 6.92 Å². The first-order valence-corrected chi connectivity index (χ1v) is 4.51. The summed E-state index contributed by atoms with van der Waals surface area (Å²) >= 11 is 0. The summed E-state index contributed by atoms with van der Waals surface area (Å²) in [6.07, 6.45) is 3.53. The maximum Gasteiger partial charge on any atom is 0.508 e. The van der Waals surface area contributed by atoms with E-state index in [-0.39, 0.29) is 5.59 Å². The zero-order valence-electron chi connectivity index (χ0n) is 8.20. The molecule has 2 heterocycles. The third-order valence-corrected chi connectivity index (χ3v) is 1.97. The molecule has 0 bridgehead atoms. The van der Waals surface area contributed by atoms with Crippen molar-refractivity contribution in [2.45, 2.75) is 6.92 Å². The standard InChI is InChI=1S/C9H10BN3O2/c1-7-5-11-13(6-7)9-4-2-3-8(12-9)10(14)15/h2-6,14-15H,1H3. The highest BCUT2D eigenvalue weighted by Crippen LogP contribution is 2.02. The first-order valence-electron chi connectivity index (χ1n) is 4.51. The molecule has 0 unspecified atom stereocenters. The molecule has 0 fully saturated rings. The van der Waals surface area contributed by atoms with Gasteiger partial charge in [-0.1, -0.05) is 6.07 Å². The Bertz CT molecular complexity index is 470. The largest absolute Gasteiger partial charge is 0.508 e. The maximum atomic E-state index is 8.96. The number of hydrogen-bond donors (Lipinski definition) is 2. The van der Waals surface area contributed by atoms with Gasteiger partial charge in [-0.15, -0.1) is 0 Å². The van der Waals surface area contributed by atoms with E-state index in [4.69, 9.17) is 10.0 Å². The highest BCUT2D eigenvalue weighted by atomic mass is 16.4. The Kier molecular flexibility index (Phi) is 2.53. The van der Waals surface area contributed by atoms with Gasteiger partial charge < -0.3 is 10.0 Å². The first kappa shape index (κ1) is 9.88. The normalized spacial score (nSPS) is 10.3. The minimum absolute atomic E-state index is 0.209. The summed E-state index contributed by atoms with van der Waals surface area (Å²) < 4.78 is 1.58. The average molecular weight is 203 g/mol.